The number of ether oxygens (including phenoxy) is 2. The molecule has 0 bridgehead atoms. The maximum absolute atomic E-state index is 6.17. The number of allylic oxidation sites excluding steroid dienone is 3. The molecule has 0 fully saturated rings. The van der Waals surface area contributed by atoms with Gasteiger partial charge in [-0.15, -0.1) is 11.6 Å². The molecule has 1 heterocycles. The Morgan fingerprint density at radius 1 is 1.64 bits per heavy atom. The Labute approximate surface area is 97.0 Å². The summed E-state index contributed by atoms with van der Waals surface area (Å²) >= 11 is 9.58. The fourth-order valence-corrected chi connectivity index (χ4v) is 2.57. The second-order valence-corrected chi connectivity index (χ2v) is 4.64. The molecule has 4 heteroatoms. The van der Waals surface area contributed by atoms with Crippen LogP contribution in [0.4, 0.5) is 0 Å². The van der Waals surface area contributed by atoms with Gasteiger partial charge in [0.15, 0.2) is 5.76 Å². The van der Waals surface area contributed by atoms with E-state index >= 15 is 0 Å². The summed E-state index contributed by atoms with van der Waals surface area (Å²) in [7, 11) is 0. The normalized spacial score (nSPS) is 31.5. The molecule has 2 aliphatic rings. The van der Waals surface area contributed by atoms with Crippen LogP contribution in [0.25, 0.3) is 0 Å². The molecule has 0 aromatic rings. The minimum atomic E-state index is 0.0325. The largest absolute Gasteiger partial charge is 0.490 e. The van der Waals surface area contributed by atoms with Gasteiger partial charge in [-0.2, -0.15) is 0 Å². The lowest BCUT2D eigenvalue weighted by molar-refractivity contribution is 0.00811. The third kappa shape index (κ3) is 1.94. The quantitative estimate of drug-likeness (QED) is 0.687. The summed E-state index contributed by atoms with van der Waals surface area (Å²) in [5.41, 5.74) is 1.16. The molecule has 0 radical (unpaired) electrons. The highest BCUT2D eigenvalue weighted by Crippen LogP contribution is 2.33. The van der Waals surface area contributed by atoms with E-state index in [1.807, 2.05) is 13.0 Å². The van der Waals surface area contributed by atoms with E-state index in [9.17, 15) is 0 Å². The summed E-state index contributed by atoms with van der Waals surface area (Å²) in [5.74, 6) is 1.75. The molecule has 0 saturated heterocycles. The van der Waals surface area contributed by atoms with Crippen LogP contribution in [0.2, 0.25) is 0 Å². The van der Waals surface area contributed by atoms with Crippen molar-refractivity contribution in [3.8, 4) is 0 Å². The van der Waals surface area contributed by atoms with E-state index in [1.165, 1.54) is 0 Å². The van der Waals surface area contributed by atoms with Crippen molar-refractivity contribution < 1.29 is 9.47 Å². The molecule has 0 aromatic heterocycles. The molecule has 0 spiro atoms. The number of rotatable bonds is 1. The first kappa shape index (κ1) is 10.4. The molecule has 0 amide bonds. The topological polar surface area (TPSA) is 18.5 Å². The fraction of sp³-hybridized carbons (Fsp3) is 0.600. The van der Waals surface area contributed by atoms with Crippen molar-refractivity contribution in [2.45, 2.75) is 24.8 Å². The zero-order chi connectivity index (χ0) is 10.1. The van der Waals surface area contributed by atoms with Gasteiger partial charge < -0.3 is 9.47 Å². The van der Waals surface area contributed by atoms with E-state index in [4.69, 9.17) is 21.1 Å². The molecular formula is C10H12BrClO2. The van der Waals surface area contributed by atoms with Crippen molar-refractivity contribution in [1.29, 1.82) is 0 Å². The standard InChI is InChI=1S/C10H12BrClO2/c1-6-5-13-9-3-8(12)7(4-11)2-10(9)14-6/h2,6,8H,3-5H2,1H3. The van der Waals surface area contributed by atoms with Crippen molar-refractivity contribution in [3.05, 3.63) is 23.2 Å². The summed E-state index contributed by atoms with van der Waals surface area (Å²) in [4.78, 5) is 0. The van der Waals surface area contributed by atoms with Gasteiger partial charge in [0.05, 0.1) is 5.38 Å². The average molecular weight is 280 g/mol. The van der Waals surface area contributed by atoms with Gasteiger partial charge in [-0.05, 0) is 18.6 Å². The van der Waals surface area contributed by atoms with E-state index in [1.54, 1.807) is 0 Å². The number of halogens is 2. The summed E-state index contributed by atoms with van der Waals surface area (Å²) in [6.07, 6.45) is 2.86. The van der Waals surface area contributed by atoms with Crippen LogP contribution in [-0.4, -0.2) is 23.4 Å². The molecule has 2 rings (SSSR count). The lowest BCUT2D eigenvalue weighted by Crippen LogP contribution is -2.26. The number of hydrogen-bond acceptors (Lipinski definition) is 2. The van der Waals surface area contributed by atoms with Crippen molar-refractivity contribution in [2.75, 3.05) is 11.9 Å². The van der Waals surface area contributed by atoms with Crippen LogP contribution in [0.5, 0.6) is 0 Å². The molecule has 2 nitrogen and oxygen atoms in total. The first-order valence-corrected chi connectivity index (χ1v) is 6.19. The van der Waals surface area contributed by atoms with Crippen LogP contribution in [0, 0.1) is 0 Å². The van der Waals surface area contributed by atoms with E-state index in [2.05, 4.69) is 15.9 Å². The summed E-state index contributed by atoms with van der Waals surface area (Å²) in [6, 6.07) is 0. The third-order valence-corrected chi connectivity index (χ3v) is 3.42. The van der Waals surface area contributed by atoms with Gasteiger partial charge in [0.2, 0.25) is 0 Å². The highest BCUT2D eigenvalue weighted by Gasteiger charge is 2.27. The Morgan fingerprint density at radius 2 is 2.43 bits per heavy atom. The maximum atomic E-state index is 6.17. The Hall–Kier alpha value is -0.150. The van der Waals surface area contributed by atoms with Gasteiger partial charge in [-0.1, -0.05) is 15.9 Å². The van der Waals surface area contributed by atoms with Gasteiger partial charge in [0, 0.05) is 11.8 Å². The molecule has 14 heavy (non-hydrogen) atoms. The van der Waals surface area contributed by atoms with Gasteiger partial charge >= 0.3 is 0 Å². The van der Waals surface area contributed by atoms with Crippen LogP contribution < -0.4 is 0 Å². The van der Waals surface area contributed by atoms with E-state index in [0.29, 0.717) is 6.61 Å². The Bertz CT molecular complexity index is 298. The fourth-order valence-electron chi connectivity index (χ4n) is 1.55. The minimum Gasteiger partial charge on any atom is -0.490 e. The second kappa shape index (κ2) is 4.15. The molecule has 0 aromatic carbocycles. The minimum absolute atomic E-state index is 0.0325. The monoisotopic (exact) mass is 278 g/mol. The highest BCUT2D eigenvalue weighted by atomic mass is 79.9. The molecule has 0 N–H and O–H groups in total. The zero-order valence-corrected chi connectivity index (χ0v) is 10.3. The Balaban J connectivity index is 2.23. The lowest BCUT2D eigenvalue weighted by atomic mass is 10.0. The molecule has 1 aliphatic heterocycles. The molecule has 0 saturated carbocycles. The van der Waals surface area contributed by atoms with Crippen molar-refractivity contribution in [1.82, 2.24) is 0 Å². The predicted molar refractivity (Wildman–Crippen MR) is 59.7 cm³/mol. The van der Waals surface area contributed by atoms with Crippen LogP contribution in [0.3, 0.4) is 0 Å². The molecular weight excluding hydrogens is 267 g/mol. The van der Waals surface area contributed by atoms with Crippen molar-refractivity contribution >= 4 is 27.5 Å². The molecule has 78 valence electrons. The van der Waals surface area contributed by atoms with Crippen LogP contribution in [0.15, 0.2) is 23.2 Å². The summed E-state index contributed by atoms with van der Waals surface area (Å²) in [5, 5.41) is 0.820. The summed E-state index contributed by atoms with van der Waals surface area (Å²) < 4.78 is 11.2. The zero-order valence-electron chi connectivity index (χ0n) is 7.93. The predicted octanol–water partition coefficient (Wildman–Crippen LogP) is 2.97. The maximum Gasteiger partial charge on any atom is 0.157 e. The van der Waals surface area contributed by atoms with Gasteiger partial charge in [0.25, 0.3) is 0 Å². The smallest absolute Gasteiger partial charge is 0.157 e. The molecule has 2 unspecified atom stereocenters. The third-order valence-electron chi connectivity index (χ3n) is 2.33. The molecule has 2 atom stereocenters. The van der Waals surface area contributed by atoms with Crippen molar-refractivity contribution in [2.24, 2.45) is 0 Å². The Morgan fingerprint density at radius 3 is 3.14 bits per heavy atom. The highest BCUT2D eigenvalue weighted by molar-refractivity contribution is 9.09. The van der Waals surface area contributed by atoms with E-state index in [-0.39, 0.29) is 11.5 Å². The lowest BCUT2D eigenvalue weighted by Gasteiger charge is -2.30. The van der Waals surface area contributed by atoms with Gasteiger partial charge in [-0.3, -0.25) is 0 Å². The van der Waals surface area contributed by atoms with E-state index in [0.717, 1.165) is 28.8 Å². The SMILES string of the molecule is CC1COC2=C(C=C(CBr)C(Cl)C2)O1. The number of alkyl halides is 2. The Kier molecular flexibility index (Phi) is 3.07. The van der Waals surface area contributed by atoms with Gasteiger partial charge in [0.1, 0.15) is 18.5 Å². The first-order valence-electron chi connectivity index (χ1n) is 4.64. The number of hydrogen-bond donors (Lipinski definition) is 0. The van der Waals surface area contributed by atoms with Crippen molar-refractivity contribution in [3.63, 3.8) is 0 Å². The van der Waals surface area contributed by atoms with E-state index < -0.39 is 0 Å². The van der Waals surface area contributed by atoms with Crippen LogP contribution in [-0.2, 0) is 9.47 Å². The van der Waals surface area contributed by atoms with Crippen LogP contribution >= 0.6 is 27.5 Å². The van der Waals surface area contributed by atoms with Gasteiger partial charge in [-0.25, -0.2) is 0 Å². The van der Waals surface area contributed by atoms with Crippen LogP contribution in [0.1, 0.15) is 13.3 Å². The second-order valence-electron chi connectivity index (χ2n) is 3.55. The molecule has 1 aliphatic carbocycles. The summed E-state index contributed by atoms with van der Waals surface area (Å²) in [6.45, 7) is 2.62. The first-order chi connectivity index (χ1) is 6.70. The average Bonchev–Trinajstić information content (AvgIpc) is 2.17.